The van der Waals surface area contributed by atoms with Crippen LogP contribution in [0.4, 0.5) is 13.2 Å². The lowest BCUT2D eigenvalue weighted by Crippen LogP contribution is -2.04. The summed E-state index contributed by atoms with van der Waals surface area (Å²) in [6, 6.07) is 6.14. The average molecular weight is 293 g/mol. The molecule has 1 heterocycles. The highest BCUT2D eigenvalue weighted by Crippen LogP contribution is 2.31. The van der Waals surface area contributed by atoms with Gasteiger partial charge in [-0.2, -0.15) is 13.2 Å². The molecule has 0 radical (unpaired) electrons. The molecular formula is C15H10F3NO2. The van der Waals surface area contributed by atoms with Crippen LogP contribution in [0.25, 0.3) is 11.1 Å². The first kappa shape index (κ1) is 14.8. The van der Waals surface area contributed by atoms with Crippen LogP contribution in [0.3, 0.4) is 0 Å². The summed E-state index contributed by atoms with van der Waals surface area (Å²) in [5, 5.41) is 0. The van der Waals surface area contributed by atoms with Crippen molar-refractivity contribution in [1.82, 2.24) is 4.98 Å². The zero-order valence-electron chi connectivity index (χ0n) is 10.7. The van der Waals surface area contributed by atoms with Crippen molar-refractivity contribution in [3.05, 3.63) is 60.9 Å². The number of rotatable bonds is 3. The predicted molar refractivity (Wildman–Crippen MR) is 70.5 cm³/mol. The molecule has 1 aromatic heterocycles. The van der Waals surface area contributed by atoms with E-state index in [2.05, 4.69) is 11.6 Å². The molecule has 6 heteroatoms. The van der Waals surface area contributed by atoms with Crippen LogP contribution < -0.4 is 4.74 Å². The van der Waals surface area contributed by atoms with Crippen molar-refractivity contribution >= 4 is 5.97 Å². The second kappa shape index (κ2) is 5.78. The van der Waals surface area contributed by atoms with Crippen molar-refractivity contribution in [2.75, 3.05) is 0 Å². The van der Waals surface area contributed by atoms with Crippen molar-refractivity contribution in [2.45, 2.75) is 6.18 Å². The zero-order chi connectivity index (χ0) is 15.5. The quantitative estimate of drug-likeness (QED) is 0.637. The van der Waals surface area contributed by atoms with E-state index in [1.807, 2.05) is 0 Å². The van der Waals surface area contributed by atoms with E-state index in [4.69, 9.17) is 4.74 Å². The summed E-state index contributed by atoms with van der Waals surface area (Å²) in [5.74, 6) is -0.446. The molecule has 0 N–H and O–H groups in total. The summed E-state index contributed by atoms with van der Waals surface area (Å²) in [6.45, 7) is 3.27. The van der Waals surface area contributed by atoms with E-state index in [1.54, 1.807) is 0 Å². The predicted octanol–water partition coefficient (Wildman–Crippen LogP) is 3.86. The lowest BCUT2D eigenvalue weighted by molar-refractivity contribution is -0.137. The minimum Gasteiger partial charge on any atom is -0.422 e. The maximum absolute atomic E-state index is 12.5. The van der Waals surface area contributed by atoms with Crippen LogP contribution >= 0.6 is 0 Å². The fraction of sp³-hybridized carbons (Fsp3) is 0.0667. The molecule has 2 aromatic rings. The van der Waals surface area contributed by atoms with Crippen LogP contribution in [0.5, 0.6) is 5.75 Å². The molecule has 0 atom stereocenters. The Kier molecular flexibility index (Phi) is 4.07. The van der Waals surface area contributed by atoms with Crippen molar-refractivity contribution in [3.63, 3.8) is 0 Å². The number of carbonyl (C=O) groups excluding carboxylic acids is 1. The molecular weight excluding hydrogens is 283 g/mol. The van der Waals surface area contributed by atoms with Gasteiger partial charge in [-0.15, -0.1) is 0 Å². The maximum atomic E-state index is 12.5. The first-order valence-electron chi connectivity index (χ1n) is 5.87. The highest BCUT2D eigenvalue weighted by molar-refractivity contribution is 5.83. The molecule has 0 fully saturated rings. The van der Waals surface area contributed by atoms with Gasteiger partial charge >= 0.3 is 12.1 Å². The number of benzene rings is 1. The van der Waals surface area contributed by atoms with Crippen molar-refractivity contribution < 1.29 is 22.7 Å². The lowest BCUT2D eigenvalue weighted by atomic mass is 10.1. The molecule has 0 aliphatic rings. The van der Waals surface area contributed by atoms with E-state index in [9.17, 15) is 18.0 Å². The molecule has 0 bridgehead atoms. The number of esters is 1. The highest BCUT2D eigenvalue weighted by atomic mass is 19.4. The van der Waals surface area contributed by atoms with Gasteiger partial charge in [-0.3, -0.25) is 4.98 Å². The number of carbonyl (C=O) groups is 1. The molecule has 1 aromatic carbocycles. The summed E-state index contributed by atoms with van der Waals surface area (Å²) in [6.07, 6.45) is -0.578. The molecule has 2 rings (SSSR count). The Labute approximate surface area is 118 Å². The number of hydrogen-bond donors (Lipinski definition) is 0. The van der Waals surface area contributed by atoms with Gasteiger partial charge in [0.15, 0.2) is 0 Å². The lowest BCUT2D eigenvalue weighted by Gasteiger charge is -2.08. The minimum absolute atomic E-state index is 0.192. The van der Waals surface area contributed by atoms with Gasteiger partial charge in [0.25, 0.3) is 0 Å². The SMILES string of the molecule is C=CC(=O)Oc1cncc(-c2ccc(C(F)(F)F)cc2)c1. The van der Waals surface area contributed by atoms with E-state index in [-0.39, 0.29) is 5.75 Å². The number of nitrogens with zero attached hydrogens (tertiary/aromatic N) is 1. The maximum Gasteiger partial charge on any atom is 0.416 e. The van der Waals surface area contributed by atoms with Crippen LogP contribution in [0.15, 0.2) is 55.4 Å². The van der Waals surface area contributed by atoms with E-state index in [0.717, 1.165) is 18.2 Å². The fourth-order valence-electron chi connectivity index (χ4n) is 1.64. The number of halogens is 3. The van der Waals surface area contributed by atoms with Gasteiger partial charge in [0, 0.05) is 17.8 Å². The molecule has 0 aliphatic heterocycles. The third-order valence-electron chi connectivity index (χ3n) is 2.64. The number of pyridine rings is 1. The Morgan fingerprint density at radius 2 is 1.81 bits per heavy atom. The Balaban J connectivity index is 2.28. The van der Waals surface area contributed by atoms with Gasteiger partial charge < -0.3 is 4.74 Å². The molecule has 0 saturated heterocycles. The van der Waals surface area contributed by atoms with E-state index in [1.165, 1.54) is 30.6 Å². The van der Waals surface area contributed by atoms with Crippen LogP contribution in [-0.4, -0.2) is 11.0 Å². The molecule has 3 nitrogen and oxygen atoms in total. The zero-order valence-corrected chi connectivity index (χ0v) is 10.7. The Bertz CT molecular complexity index is 663. The molecule has 0 unspecified atom stereocenters. The van der Waals surface area contributed by atoms with Gasteiger partial charge in [-0.1, -0.05) is 18.7 Å². The average Bonchev–Trinajstić information content (AvgIpc) is 2.46. The highest BCUT2D eigenvalue weighted by Gasteiger charge is 2.29. The van der Waals surface area contributed by atoms with Gasteiger partial charge in [0.05, 0.1) is 11.8 Å². The normalized spacial score (nSPS) is 11.0. The van der Waals surface area contributed by atoms with Crippen LogP contribution in [-0.2, 0) is 11.0 Å². The minimum atomic E-state index is -4.38. The van der Waals surface area contributed by atoms with E-state index < -0.39 is 17.7 Å². The summed E-state index contributed by atoms with van der Waals surface area (Å²) in [4.78, 5) is 15.0. The molecule has 0 amide bonds. The van der Waals surface area contributed by atoms with Crippen LogP contribution in [0.1, 0.15) is 5.56 Å². The monoisotopic (exact) mass is 293 g/mol. The Morgan fingerprint density at radius 3 is 2.38 bits per heavy atom. The van der Waals surface area contributed by atoms with Crippen LogP contribution in [0.2, 0.25) is 0 Å². The summed E-state index contributed by atoms with van der Waals surface area (Å²) < 4.78 is 42.4. The van der Waals surface area contributed by atoms with Gasteiger partial charge in [0.2, 0.25) is 0 Å². The molecule has 0 saturated carbocycles. The second-order valence-electron chi connectivity index (χ2n) is 4.11. The fourth-order valence-corrected chi connectivity index (χ4v) is 1.64. The molecule has 21 heavy (non-hydrogen) atoms. The van der Waals surface area contributed by atoms with Gasteiger partial charge in [-0.25, -0.2) is 4.79 Å². The Morgan fingerprint density at radius 1 is 1.14 bits per heavy atom. The third-order valence-corrected chi connectivity index (χ3v) is 2.64. The number of alkyl halides is 3. The standard InChI is InChI=1S/C15H10F3NO2/c1-2-14(20)21-13-7-11(8-19-9-13)10-3-5-12(6-4-10)15(16,17)18/h2-9H,1H2. The smallest absolute Gasteiger partial charge is 0.416 e. The largest absolute Gasteiger partial charge is 0.422 e. The van der Waals surface area contributed by atoms with Gasteiger partial charge in [-0.05, 0) is 23.8 Å². The number of ether oxygens (including phenoxy) is 1. The van der Waals surface area contributed by atoms with E-state index >= 15 is 0 Å². The first-order valence-corrected chi connectivity index (χ1v) is 5.87. The van der Waals surface area contributed by atoms with Crippen molar-refractivity contribution in [1.29, 1.82) is 0 Å². The topological polar surface area (TPSA) is 39.2 Å². The van der Waals surface area contributed by atoms with Crippen molar-refractivity contribution in [2.24, 2.45) is 0 Å². The second-order valence-corrected chi connectivity index (χ2v) is 4.11. The summed E-state index contributed by atoms with van der Waals surface area (Å²) in [7, 11) is 0. The van der Waals surface area contributed by atoms with Gasteiger partial charge in [0.1, 0.15) is 5.75 Å². The van der Waals surface area contributed by atoms with E-state index in [0.29, 0.717) is 11.1 Å². The molecule has 0 aliphatic carbocycles. The number of hydrogen-bond acceptors (Lipinski definition) is 3. The number of aromatic nitrogens is 1. The summed E-state index contributed by atoms with van der Waals surface area (Å²) in [5.41, 5.74) is 0.346. The third kappa shape index (κ3) is 3.68. The van der Waals surface area contributed by atoms with Crippen molar-refractivity contribution in [3.8, 4) is 16.9 Å². The molecule has 108 valence electrons. The summed E-state index contributed by atoms with van der Waals surface area (Å²) >= 11 is 0. The van der Waals surface area contributed by atoms with Crippen LogP contribution in [0, 0.1) is 0 Å². The molecule has 0 spiro atoms. The first-order chi connectivity index (χ1) is 9.90. The Hall–Kier alpha value is -2.63.